The highest BCUT2D eigenvalue weighted by molar-refractivity contribution is 5.64. The third-order valence-electron chi connectivity index (χ3n) is 3.03. The van der Waals surface area contributed by atoms with E-state index in [1.807, 2.05) is 4.57 Å². The lowest BCUT2D eigenvalue weighted by Crippen LogP contribution is -2.17. The number of rotatable bonds is 1. The summed E-state index contributed by atoms with van der Waals surface area (Å²) in [6.07, 6.45) is 0.989. The van der Waals surface area contributed by atoms with E-state index in [4.69, 9.17) is 5.26 Å². The van der Waals surface area contributed by atoms with Gasteiger partial charge in [-0.15, -0.1) is 0 Å². The number of benzene rings is 1. The molecular weight excluding hydrogens is 231 g/mol. The van der Waals surface area contributed by atoms with Crippen molar-refractivity contribution in [2.45, 2.75) is 13.0 Å². The summed E-state index contributed by atoms with van der Waals surface area (Å²) in [5.74, 6) is 1.21. The minimum atomic E-state index is -0.275. The molecule has 1 aliphatic heterocycles. The molecule has 0 bridgehead atoms. The zero-order chi connectivity index (χ0) is 12.5. The lowest BCUT2D eigenvalue weighted by molar-refractivity contribution is 0.626. The fourth-order valence-corrected chi connectivity index (χ4v) is 2.19. The average Bonchev–Trinajstić information content (AvgIpc) is 2.79. The molecule has 90 valence electrons. The minimum Gasteiger partial charge on any atom is -0.369 e. The van der Waals surface area contributed by atoms with Gasteiger partial charge in [-0.1, -0.05) is 0 Å². The van der Waals surface area contributed by atoms with Crippen molar-refractivity contribution >= 4 is 5.82 Å². The van der Waals surface area contributed by atoms with Crippen molar-refractivity contribution in [2.24, 2.45) is 0 Å². The number of halogens is 1. The van der Waals surface area contributed by atoms with Gasteiger partial charge in [-0.05, 0) is 30.7 Å². The van der Waals surface area contributed by atoms with E-state index in [-0.39, 0.29) is 5.82 Å². The zero-order valence-electron chi connectivity index (χ0n) is 9.65. The van der Waals surface area contributed by atoms with Gasteiger partial charge in [0.2, 0.25) is 0 Å². The van der Waals surface area contributed by atoms with Gasteiger partial charge in [-0.25, -0.2) is 9.37 Å². The first kappa shape index (κ1) is 10.8. The van der Waals surface area contributed by atoms with Gasteiger partial charge in [-0.3, -0.25) is 0 Å². The first-order chi connectivity index (χ1) is 8.79. The summed E-state index contributed by atoms with van der Waals surface area (Å²) in [6, 6.07) is 8.25. The second-order valence-corrected chi connectivity index (χ2v) is 4.18. The van der Waals surface area contributed by atoms with E-state index in [0.29, 0.717) is 11.5 Å². The number of nitriles is 1. The highest BCUT2D eigenvalue weighted by atomic mass is 19.1. The molecule has 0 unspecified atom stereocenters. The third kappa shape index (κ3) is 1.63. The predicted octanol–water partition coefficient (Wildman–Crippen LogP) is 2.38. The molecule has 1 N–H and O–H groups in total. The summed E-state index contributed by atoms with van der Waals surface area (Å²) < 4.78 is 14.9. The van der Waals surface area contributed by atoms with Gasteiger partial charge in [0.25, 0.3) is 0 Å². The first-order valence-electron chi connectivity index (χ1n) is 5.80. The van der Waals surface area contributed by atoms with E-state index in [0.717, 1.165) is 30.9 Å². The SMILES string of the molecule is N#Cc1nc(-c2ccc(F)cc2)n2c1NCCC2. The topological polar surface area (TPSA) is 53.6 Å². The van der Waals surface area contributed by atoms with Crippen LogP contribution in [0.2, 0.25) is 0 Å². The highest BCUT2D eigenvalue weighted by Gasteiger charge is 2.20. The summed E-state index contributed by atoms with van der Waals surface area (Å²) in [7, 11) is 0. The van der Waals surface area contributed by atoms with E-state index >= 15 is 0 Å². The van der Waals surface area contributed by atoms with Gasteiger partial charge in [-0.2, -0.15) is 5.26 Å². The lowest BCUT2D eigenvalue weighted by atomic mass is 10.2. The molecule has 2 heterocycles. The molecule has 4 nitrogen and oxygen atoms in total. The monoisotopic (exact) mass is 242 g/mol. The maximum absolute atomic E-state index is 12.9. The molecule has 0 atom stereocenters. The van der Waals surface area contributed by atoms with Gasteiger partial charge in [0.1, 0.15) is 23.5 Å². The standard InChI is InChI=1S/C13H11FN4/c14-10-4-2-9(3-5-10)12-17-11(8-15)13-16-6-1-7-18(12)13/h2-5,16H,1,6-7H2. The van der Waals surface area contributed by atoms with Crippen LogP contribution in [0.4, 0.5) is 10.2 Å². The highest BCUT2D eigenvalue weighted by Crippen LogP contribution is 2.28. The summed E-state index contributed by atoms with van der Waals surface area (Å²) >= 11 is 0. The fraction of sp³-hybridized carbons (Fsp3) is 0.231. The Labute approximate surface area is 104 Å². The minimum absolute atomic E-state index is 0.275. The Hall–Kier alpha value is -2.35. The normalized spacial score (nSPS) is 13.6. The molecule has 3 rings (SSSR count). The molecule has 0 saturated heterocycles. The zero-order valence-corrected chi connectivity index (χ0v) is 9.65. The summed E-state index contributed by atoms with van der Waals surface area (Å²) in [6.45, 7) is 1.67. The second-order valence-electron chi connectivity index (χ2n) is 4.18. The number of fused-ring (bicyclic) bond motifs is 1. The average molecular weight is 242 g/mol. The Bertz CT molecular complexity index is 622. The van der Waals surface area contributed by atoms with Crippen LogP contribution in [0.5, 0.6) is 0 Å². The van der Waals surface area contributed by atoms with Crippen molar-refractivity contribution in [3.63, 3.8) is 0 Å². The van der Waals surface area contributed by atoms with Crippen molar-refractivity contribution in [1.82, 2.24) is 9.55 Å². The number of aromatic nitrogens is 2. The molecule has 0 fully saturated rings. The van der Waals surface area contributed by atoms with E-state index in [1.54, 1.807) is 12.1 Å². The maximum atomic E-state index is 12.9. The van der Waals surface area contributed by atoms with Crippen molar-refractivity contribution in [1.29, 1.82) is 5.26 Å². The molecule has 18 heavy (non-hydrogen) atoms. The Morgan fingerprint density at radius 1 is 1.33 bits per heavy atom. The van der Waals surface area contributed by atoms with Crippen LogP contribution in [0.1, 0.15) is 12.1 Å². The molecule has 0 saturated carbocycles. The number of nitrogens with one attached hydrogen (secondary N) is 1. The van der Waals surface area contributed by atoms with E-state index in [9.17, 15) is 4.39 Å². The third-order valence-corrected chi connectivity index (χ3v) is 3.03. The fourth-order valence-electron chi connectivity index (χ4n) is 2.19. The van der Waals surface area contributed by atoms with Gasteiger partial charge in [0.05, 0.1) is 0 Å². The van der Waals surface area contributed by atoms with E-state index in [2.05, 4.69) is 16.4 Å². The van der Waals surface area contributed by atoms with Crippen LogP contribution in [0.15, 0.2) is 24.3 Å². The van der Waals surface area contributed by atoms with Crippen LogP contribution in [-0.2, 0) is 6.54 Å². The van der Waals surface area contributed by atoms with Crippen LogP contribution in [0.25, 0.3) is 11.4 Å². The summed E-state index contributed by atoms with van der Waals surface area (Å²) in [4.78, 5) is 4.33. The molecule has 1 aliphatic rings. The van der Waals surface area contributed by atoms with Crippen LogP contribution in [-0.4, -0.2) is 16.1 Å². The Kier molecular flexibility index (Phi) is 2.49. The van der Waals surface area contributed by atoms with E-state index in [1.165, 1.54) is 12.1 Å². The Balaban J connectivity index is 2.15. The smallest absolute Gasteiger partial charge is 0.183 e. The van der Waals surface area contributed by atoms with Crippen LogP contribution >= 0.6 is 0 Å². The van der Waals surface area contributed by atoms with E-state index < -0.39 is 0 Å². The van der Waals surface area contributed by atoms with Crippen molar-refractivity contribution in [2.75, 3.05) is 11.9 Å². The number of nitrogens with zero attached hydrogens (tertiary/aromatic N) is 3. The van der Waals surface area contributed by atoms with Crippen LogP contribution in [0, 0.1) is 17.1 Å². The Morgan fingerprint density at radius 3 is 2.83 bits per heavy atom. The van der Waals surface area contributed by atoms with Crippen molar-refractivity contribution in [3.8, 4) is 17.5 Å². The van der Waals surface area contributed by atoms with Crippen LogP contribution < -0.4 is 5.32 Å². The van der Waals surface area contributed by atoms with Gasteiger partial charge >= 0.3 is 0 Å². The molecular formula is C13H11FN4. The van der Waals surface area contributed by atoms with Crippen molar-refractivity contribution < 1.29 is 4.39 Å². The molecule has 1 aromatic heterocycles. The largest absolute Gasteiger partial charge is 0.369 e. The number of anilines is 1. The number of hydrogen-bond acceptors (Lipinski definition) is 3. The second kappa shape index (κ2) is 4.15. The molecule has 1 aromatic carbocycles. The molecule has 0 amide bonds. The lowest BCUT2D eigenvalue weighted by Gasteiger charge is -2.18. The summed E-state index contributed by atoms with van der Waals surface area (Å²) in [5.41, 5.74) is 1.22. The number of imidazole rings is 1. The summed E-state index contributed by atoms with van der Waals surface area (Å²) in [5, 5.41) is 12.3. The van der Waals surface area contributed by atoms with Gasteiger partial charge in [0.15, 0.2) is 5.69 Å². The molecule has 5 heteroatoms. The quantitative estimate of drug-likeness (QED) is 0.835. The predicted molar refractivity (Wildman–Crippen MR) is 65.4 cm³/mol. The molecule has 2 aromatic rings. The van der Waals surface area contributed by atoms with Gasteiger partial charge in [0, 0.05) is 18.7 Å². The van der Waals surface area contributed by atoms with Crippen LogP contribution in [0.3, 0.4) is 0 Å². The number of hydrogen-bond donors (Lipinski definition) is 1. The molecule has 0 spiro atoms. The maximum Gasteiger partial charge on any atom is 0.183 e. The first-order valence-corrected chi connectivity index (χ1v) is 5.80. The Morgan fingerprint density at radius 2 is 2.11 bits per heavy atom. The molecule has 0 aliphatic carbocycles. The molecule has 0 radical (unpaired) electrons. The van der Waals surface area contributed by atoms with Gasteiger partial charge < -0.3 is 9.88 Å². The van der Waals surface area contributed by atoms with Crippen molar-refractivity contribution in [3.05, 3.63) is 35.8 Å².